The molecule has 0 bridgehead atoms. The fraction of sp³-hybridized carbons (Fsp3) is 0.500. The Hall–Kier alpha value is -1.51. The van der Waals surface area contributed by atoms with E-state index >= 15 is 0 Å². The summed E-state index contributed by atoms with van der Waals surface area (Å²) in [5.41, 5.74) is 0.0313. The first-order chi connectivity index (χ1) is 8.63. The quantitative estimate of drug-likeness (QED) is 0.834. The molecule has 1 aromatic heterocycles. The average Bonchev–Trinajstić information content (AvgIpc) is 2.74. The Bertz CT molecular complexity index is 535. The first-order valence-corrected chi connectivity index (χ1v) is 6.08. The van der Waals surface area contributed by atoms with Gasteiger partial charge in [-0.1, -0.05) is 17.5 Å². The second-order valence-electron chi connectivity index (χ2n) is 4.15. The van der Waals surface area contributed by atoms with Gasteiger partial charge < -0.3 is 10.1 Å². The van der Waals surface area contributed by atoms with Crippen LogP contribution in [-0.2, 0) is 11.3 Å². The summed E-state index contributed by atoms with van der Waals surface area (Å²) in [7, 11) is 0. The SMILES string of the molecule is C#CCn1ncc(Cl)c(NC2CCOC2C)c1=O. The lowest BCUT2D eigenvalue weighted by atomic mass is 10.1. The van der Waals surface area contributed by atoms with E-state index in [0.29, 0.717) is 17.3 Å². The molecule has 5 nitrogen and oxygen atoms in total. The molecule has 2 rings (SSSR count). The molecule has 2 unspecified atom stereocenters. The zero-order chi connectivity index (χ0) is 13.1. The summed E-state index contributed by atoms with van der Waals surface area (Å²) < 4.78 is 6.64. The second-order valence-corrected chi connectivity index (χ2v) is 4.56. The smallest absolute Gasteiger partial charge is 0.292 e. The molecule has 2 atom stereocenters. The predicted octanol–water partition coefficient (Wildman–Crippen LogP) is 1.12. The highest BCUT2D eigenvalue weighted by Gasteiger charge is 2.25. The Morgan fingerprint density at radius 1 is 1.78 bits per heavy atom. The number of rotatable bonds is 3. The normalized spacial score (nSPS) is 22.7. The highest BCUT2D eigenvalue weighted by atomic mass is 35.5. The first-order valence-electron chi connectivity index (χ1n) is 5.70. The van der Waals surface area contributed by atoms with Crippen molar-refractivity contribution < 1.29 is 4.74 Å². The maximum Gasteiger partial charge on any atom is 0.292 e. The third-order valence-electron chi connectivity index (χ3n) is 2.94. The van der Waals surface area contributed by atoms with E-state index in [-0.39, 0.29) is 24.2 Å². The van der Waals surface area contributed by atoms with E-state index in [4.69, 9.17) is 22.8 Å². The van der Waals surface area contributed by atoms with E-state index in [9.17, 15) is 4.79 Å². The van der Waals surface area contributed by atoms with Gasteiger partial charge in [-0.3, -0.25) is 4.79 Å². The zero-order valence-corrected chi connectivity index (χ0v) is 10.8. The lowest BCUT2D eigenvalue weighted by Gasteiger charge is -2.18. The molecule has 18 heavy (non-hydrogen) atoms. The standard InChI is InChI=1S/C12H14ClN3O2/c1-3-5-16-12(17)11(9(13)7-14-16)15-10-4-6-18-8(10)2/h1,7-8,10,15H,4-6H2,2H3. The number of terminal acetylenes is 1. The minimum atomic E-state index is -0.306. The van der Waals surface area contributed by atoms with Gasteiger partial charge in [-0.25, -0.2) is 4.68 Å². The molecular weight excluding hydrogens is 254 g/mol. The van der Waals surface area contributed by atoms with E-state index in [1.807, 2.05) is 6.92 Å². The van der Waals surface area contributed by atoms with Gasteiger partial charge in [0.15, 0.2) is 0 Å². The molecule has 0 saturated carbocycles. The van der Waals surface area contributed by atoms with E-state index < -0.39 is 0 Å². The fourth-order valence-electron chi connectivity index (χ4n) is 1.91. The predicted molar refractivity (Wildman–Crippen MR) is 69.8 cm³/mol. The highest BCUT2D eigenvalue weighted by Crippen LogP contribution is 2.21. The number of aromatic nitrogens is 2. The van der Waals surface area contributed by atoms with Gasteiger partial charge in [0.1, 0.15) is 12.2 Å². The number of nitrogens with one attached hydrogen (secondary N) is 1. The maximum absolute atomic E-state index is 12.1. The van der Waals surface area contributed by atoms with E-state index in [2.05, 4.69) is 16.3 Å². The van der Waals surface area contributed by atoms with Crippen LogP contribution in [0.1, 0.15) is 13.3 Å². The molecule has 1 saturated heterocycles. The number of halogens is 1. The van der Waals surface area contributed by atoms with Crippen molar-refractivity contribution >= 4 is 17.3 Å². The Balaban J connectivity index is 2.29. The molecule has 0 spiro atoms. The summed E-state index contributed by atoms with van der Waals surface area (Å²) in [6.07, 6.45) is 7.49. The monoisotopic (exact) mass is 267 g/mol. The first kappa shape index (κ1) is 12.9. The van der Waals surface area contributed by atoms with Crippen LogP contribution in [0.2, 0.25) is 5.02 Å². The van der Waals surface area contributed by atoms with Gasteiger partial charge in [0, 0.05) is 6.61 Å². The number of ether oxygens (including phenoxy) is 1. The molecule has 0 aliphatic carbocycles. The van der Waals surface area contributed by atoms with Crippen LogP contribution in [-0.4, -0.2) is 28.5 Å². The van der Waals surface area contributed by atoms with Crippen molar-refractivity contribution in [1.82, 2.24) is 9.78 Å². The molecule has 1 aromatic rings. The molecule has 1 aliphatic heterocycles. The maximum atomic E-state index is 12.1. The Kier molecular flexibility index (Phi) is 3.90. The van der Waals surface area contributed by atoms with Gasteiger partial charge in [-0.05, 0) is 13.3 Å². The van der Waals surface area contributed by atoms with Crippen LogP contribution in [0.5, 0.6) is 0 Å². The van der Waals surface area contributed by atoms with Crippen molar-refractivity contribution in [3.63, 3.8) is 0 Å². The van der Waals surface area contributed by atoms with E-state index in [0.717, 1.165) is 6.42 Å². The zero-order valence-electron chi connectivity index (χ0n) is 10.0. The third kappa shape index (κ3) is 2.50. The van der Waals surface area contributed by atoms with Crippen molar-refractivity contribution in [2.75, 3.05) is 11.9 Å². The van der Waals surface area contributed by atoms with Gasteiger partial charge in [-0.2, -0.15) is 5.10 Å². The third-order valence-corrected chi connectivity index (χ3v) is 3.23. The lowest BCUT2D eigenvalue weighted by molar-refractivity contribution is 0.121. The second kappa shape index (κ2) is 5.42. The Morgan fingerprint density at radius 3 is 3.17 bits per heavy atom. The van der Waals surface area contributed by atoms with Gasteiger partial charge in [0.05, 0.1) is 23.4 Å². The minimum Gasteiger partial charge on any atom is -0.376 e. The van der Waals surface area contributed by atoms with Crippen LogP contribution in [0.3, 0.4) is 0 Å². The lowest BCUT2D eigenvalue weighted by Crippen LogP contribution is -2.33. The number of hydrogen-bond acceptors (Lipinski definition) is 4. The summed E-state index contributed by atoms with van der Waals surface area (Å²) in [5.74, 6) is 2.38. The summed E-state index contributed by atoms with van der Waals surface area (Å²) in [5, 5.41) is 7.31. The molecule has 1 aliphatic rings. The highest BCUT2D eigenvalue weighted by molar-refractivity contribution is 6.33. The van der Waals surface area contributed by atoms with Crippen molar-refractivity contribution in [2.24, 2.45) is 0 Å². The molecular formula is C12H14ClN3O2. The average molecular weight is 268 g/mol. The van der Waals surface area contributed by atoms with Crippen LogP contribution in [0, 0.1) is 12.3 Å². The molecule has 1 N–H and O–H groups in total. The van der Waals surface area contributed by atoms with Gasteiger partial charge >= 0.3 is 0 Å². The fourth-order valence-corrected chi connectivity index (χ4v) is 2.08. The molecule has 1 fully saturated rings. The molecule has 0 aromatic carbocycles. The Morgan fingerprint density at radius 2 is 2.56 bits per heavy atom. The van der Waals surface area contributed by atoms with Crippen LogP contribution in [0.25, 0.3) is 0 Å². The summed E-state index contributed by atoms with van der Waals surface area (Å²) in [6, 6.07) is 0.0804. The molecule has 2 heterocycles. The largest absolute Gasteiger partial charge is 0.376 e. The Labute approximate surface area is 110 Å². The van der Waals surface area contributed by atoms with Crippen LogP contribution < -0.4 is 10.9 Å². The summed E-state index contributed by atoms with van der Waals surface area (Å²) in [6.45, 7) is 2.77. The molecule has 0 amide bonds. The van der Waals surface area contributed by atoms with Crippen LogP contribution >= 0.6 is 11.6 Å². The number of hydrogen-bond donors (Lipinski definition) is 1. The van der Waals surface area contributed by atoms with Crippen molar-refractivity contribution in [2.45, 2.75) is 32.0 Å². The van der Waals surface area contributed by atoms with E-state index in [1.165, 1.54) is 10.9 Å². The summed E-state index contributed by atoms with van der Waals surface area (Å²) >= 11 is 6.00. The van der Waals surface area contributed by atoms with Crippen LogP contribution in [0.15, 0.2) is 11.0 Å². The number of anilines is 1. The van der Waals surface area contributed by atoms with Gasteiger partial charge in [0.2, 0.25) is 0 Å². The molecule has 0 radical (unpaired) electrons. The molecule has 6 heteroatoms. The molecule has 96 valence electrons. The number of nitrogens with zero attached hydrogens (tertiary/aromatic N) is 2. The minimum absolute atomic E-state index is 0.0507. The van der Waals surface area contributed by atoms with Gasteiger partial charge in [0.25, 0.3) is 5.56 Å². The van der Waals surface area contributed by atoms with Crippen molar-refractivity contribution in [1.29, 1.82) is 0 Å². The van der Waals surface area contributed by atoms with Crippen molar-refractivity contribution in [3.05, 3.63) is 21.6 Å². The van der Waals surface area contributed by atoms with Gasteiger partial charge in [-0.15, -0.1) is 6.42 Å². The van der Waals surface area contributed by atoms with E-state index in [1.54, 1.807) is 0 Å². The summed E-state index contributed by atoms with van der Waals surface area (Å²) in [4.78, 5) is 12.1. The topological polar surface area (TPSA) is 56.1 Å². The van der Waals surface area contributed by atoms with Crippen LogP contribution in [0.4, 0.5) is 5.69 Å². The van der Waals surface area contributed by atoms with Crippen molar-refractivity contribution in [3.8, 4) is 12.3 Å².